The topological polar surface area (TPSA) is 61.4 Å². The van der Waals surface area contributed by atoms with Crippen molar-refractivity contribution in [3.8, 4) is 0 Å². The van der Waals surface area contributed by atoms with Crippen molar-refractivity contribution in [2.45, 2.75) is 52.4 Å². The largest absolute Gasteiger partial charge is 0.377 e. The summed E-state index contributed by atoms with van der Waals surface area (Å²) < 4.78 is 0. The van der Waals surface area contributed by atoms with E-state index in [1.165, 1.54) is 25.7 Å². The molecule has 1 aromatic carbocycles. The molecule has 0 aromatic heterocycles. The molecule has 0 radical (unpaired) electrons. The van der Waals surface area contributed by atoms with Gasteiger partial charge in [0, 0.05) is 38.4 Å². The molecule has 0 atom stereocenters. The Hall–Kier alpha value is -2.04. The Balaban J connectivity index is 2.02. The average Bonchev–Trinajstić information content (AvgIpc) is 3.11. The Morgan fingerprint density at radius 2 is 1.88 bits per heavy atom. The molecule has 0 saturated heterocycles. The van der Waals surface area contributed by atoms with Crippen LogP contribution in [0.5, 0.6) is 0 Å². The molecule has 1 fully saturated rings. The van der Waals surface area contributed by atoms with Gasteiger partial charge in [-0.2, -0.15) is 0 Å². The van der Waals surface area contributed by atoms with Gasteiger partial charge in [0.25, 0.3) is 5.91 Å². The van der Waals surface area contributed by atoms with E-state index in [1.807, 2.05) is 31.1 Å². The van der Waals surface area contributed by atoms with E-state index < -0.39 is 0 Å². The van der Waals surface area contributed by atoms with E-state index in [0.29, 0.717) is 36.1 Å². The summed E-state index contributed by atoms with van der Waals surface area (Å²) in [5.74, 6) is 1.02. The fraction of sp³-hybridized carbons (Fsp3) is 0.619. The zero-order valence-corrected chi connectivity index (χ0v) is 16.6. The minimum Gasteiger partial charge on any atom is -0.377 e. The molecule has 0 spiro atoms. The van der Waals surface area contributed by atoms with Crippen LogP contribution in [-0.2, 0) is 4.79 Å². The second-order valence-corrected chi connectivity index (χ2v) is 7.97. The Morgan fingerprint density at radius 3 is 2.50 bits per heavy atom. The highest BCUT2D eigenvalue weighted by molar-refractivity contribution is 6.02. The fourth-order valence-electron chi connectivity index (χ4n) is 3.44. The van der Waals surface area contributed by atoms with Gasteiger partial charge >= 0.3 is 0 Å². The molecule has 1 aliphatic rings. The first-order valence-corrected chi connectivity index (χ1v) is 9.76. The average molecular weight is 360 g/mol. The molecular formula is C21H33N3O2. The summed E-state index contributed by atoms with van der Waals surface area (Å²) in [6, 6.07) is 5.53. The lowest BCUT2D eigenvalue weighted by molar-refractivity contribution is -0.116. The number of hydrogen-bond acceptors (Lipinski definition) is 3. The minimum absolute atomic E-state index is 0.0306. The molecule has 5 nitrogen and oxygen atoms in total. The number of carbonyl (C=O) groups is 2. The van der Waals surface area contributed by atoms with Gasteiger partial charge in [-0.15, -0.1) is 0 Å². The summed E-state index contributed by atoms with van der Waals surface area (Å²) >= 11 is 0. The number of anilines is 2. The SMILES string of the molecule is CC(C)CNC(=O)c1cc(NC(=O)CCC2CCCC2)ccc1N(C)C. The molecule has 0 unspecified atom stereocenters. The van der Waals surface area contributed by atoms with Crippen LogP contribution < -0.4 is 15.5 Å². The van der Waals surface area contributed by atoms with Crippen LogP contribution in [-0.4, -0.2) is 32.5 Å². The third-order valence-corrected chi connectivity index (χ3v) is 4.93. The van der Waals surface area contributed by atoms with E-state index in [2.05, 4.69) is 24.5 Å². The number of nitrogens with zero attached hydrogens (tertiary/aromatic N) is 1. The third-order valence-electron chi connectivity index (χ3n) is 4.93. The lowest BCUT2D eigenvalue weighted by Gasteiger charge is -2.19. The number of carbonyl (C=O) groups excluding carboxylic acids is 2. The first kappa shape index (κ1) is 20.3. The summed E-state index contributed by atoms with van der Waals surface area (Å²) in [6.07, 6.45) is 6.62. The van der Waals surface area contributed by atoms with Gasteiger partial charge in [0.2, 0.25) is 5.91 Å². The van der Waals surface area contributed by atoms with Gasteiger partial charge in [-0.3, -0.25) is 9.59 Å². The highest BCUT2D eigenvalue weighted by atomic mass is 16.2. The van der Waals surface area contributed by atoms with Gasteiger partial charge in [0.05, 0.1) is 5.56 Å². The second-order valence-electron chi connectivity index (χ2n) is 7.97. The first-order chi connectivity index (χ1) is 12.4. The highest BCUT2D eigenvalue weighted by Crippen LogP contribution is 2.29. The number of amides is 2. The smallest absolute Gasteiger partial charge is 0.253 e. The lowest BCUT2D eigenvalue weighted by Crippen LogP contribution is -2.29. The summed E-state index contributed by atoms with van der Waals surface area (Å²) in [6.45, 7) is 4.76. The molecule has 0 aliphatic heterocycles. The van der Waals surface area contributed by atoms with Crippen LogP contribution in [0.2, 0.25) is 0 Å². The highest BCUT2D eigenvalue weighted by Gasteiger charge is 2.17. The van der Waals surface area contributed by atoms with Gasteiger partial charge < -0.3 is 15.5 Å². The molecule has 0 heterocycles. The molecule has 1 aliphatic carbocycles. The zero-order valence-electron chi connectivity index (χ0n) is 16.6. The fourth-order valence-corrected chi connectivity index (χ4v) is 3.44. The predicted octanol–water partition coefficient (Wildman–Crippen LogP) is 4.05. The maximum atomic E-state index is 12.6. The second kappa shape index (κ2) is 9.60. The molecule has 144 valence electrons. The lowest BCUT2D eigenvalue weighted by atomic mass is 10.0. The van der Waals surface area contributed by atoms with Crippen LogP contribution in [0.1, 0.15) is 62.7 Å². The van der Waals surface area contributed by atoms with Crippen LogP contribution >= 0.6 is 0 Å². The van der Waals surface area contributed by atoms with Crippen LogP contribution in [0.25, 0.3) is 0 Å². The molecule has 1 aromatic rings. The Morgan fingerprint density at radius 1 is 1.19 bits per heavy atom. The van der Waals surface area contributed by atoms with Crippen molar-refractivity contribution >= 4 is 23.2 Å². The molecule has 1 saturated carbocycles. The van der Waals surface area contributed by atoms with Crippen molar-refractivity contribution in [2.75, 3.05) is 30.9 Å². The minimum atomic E-state index is -0.107. The molecular weight excluding hydrogens is 326 g/mol. The zero-order chi connectivity index (χ0) is 19.1. The van der Waals surface area contributed by atoms with Crippen molar-refractivity contribution in [2.24, 2.45) is 11.8 Å². The van der Waals surface area contributed by atoms with E-state index in [4.69, 9.17) is 0 Å². The normalized spacial score (nSPS) is 14.5. The van der Waals surface area contributed by atoms with Crippen LogP contribution in [0.15, 0.2) is 18.2 Å². The predicted molar refractivity (Wildman–Crippen MR) is 108 cm³/mol. The summed E-state index contributed by atoms with van der Waals surface area (Å²) in [5.41, 5.74) is 2.11. The third kappa shape index (κ3) is 6.04. The Kier molecular flexibility index (Phi) is 7.49. The van der Waals surface area contributed by atoms with Crippen molar-refractivity contribution in [3.05, 3.63) is 23.8 Å². The van der Waals surface area contributed by atoms with Gasteiger partial charge in [-0.05, 0) is 36.5 Å². The van der Waals surface area contributed by atoms with E-state index in [1.54, 1.807) is 6.07 Å². The quantitative estimate of drug-likeness (QED) is 0.736. The monoisotopic (exact) mass is 359 g/mol. The Bertz CT molecular complexity index is 620. The molecule has 0 bridgehead atoms. The summed E-state index contributed by atoms with van der Waals surface area (Å²) in [4.78, 5) is 26.7. The summed E-state index contributed by atoms with van der Waals surface area (Å²) in [5, 5.41) is 5.91. The maximum absolute atomic E-state index is 12.6. The maximum Gasteiger partial charge on any atom is 0.253 e. The number of benzene rings is 1. The molecule has 5 heteroatoms. The number of hydrogen-bond donors (Lipinski definition) is 2. The number of nitrogens with one attached hydrogen (secondary N) is 2. The standard InChI is InChI=1S/C21H33N3O2/c1-15(2)14-22-21(26)18-13-17(10-11-19(18)24(3)4)23-20(25)12-9-16-7-5-6-8-16/h10-11,13,15-16H,5-9,12,14H2,1-4H3,(H,22,26)(H,23,25). The molecule has 2 amide bonds. The first-order valence-electron chi connectivity index (χ1n) is 9.76. The molecule has 26 heavy (non-hydrogen) atoms. The van der Waals surface area contributed by atoms with Crippen LogP contribution in [0.4, 0.5) is 11.4 Å². The van der Waals surface area contributed by atoms with E-state index in [0.717, 1.165) is 12.1 Å². The Labute approximate surface area is 157 Å². The molecule has 2 N–H and O–H groups in total. The molecule has 2 rings (SSSR count). The van der Waals surface area contributed by atoms with Crippen LogP contribution in [0, 0.1) is 11.8 Å². The van der Waals surface area contributed by atoms with Gasteiger partial charge in [0.15, 0.2) is 0 Å². The summed E-state index contributed by atoms with van der Waals surface area (Å²) in [7, 11) is 3.82. The van der Waals surface area contributed by atoms with Crippen molar-refractivity contribution in [1.29, 1.82) is 0 Å². The van der Waals surface area contributed by atoms with Crippen molar-refractivity contribution in [3.63, 3.8) is 0 Å². The van der Waals surface area contributed by atoms with Crippen molar-refractivity contribution < 1.29 is 9.59 Å². The van der Waals surface area contributed by atoms with E-state index >= 15 is 0 Å². The number of rotatable bonds is 8. The van der Waals surface area contributed by atoms with E-state index in [9.17, 15) is 9.59 Å². The van der Waals surface area contributed by atoms with Gasteiger partial charge in [0.1, 0.15) is 0 Å². The van der Waals surface area contributed by atoms with Crippen molar-refractivity contribution in [1.82, 2.24) is 5.32 Å². The van der Waals surface area contributed by atoms with Gasteiger partial charge in [-0.25, -0.2) is 0 Å². The van der Waals surface area contributed by atoms with E-state index in [-0.39, 0.29) is 11.8 Å². The van der Waals surface area contributed by atoms with Crippen LogP contribution in [0.3, 0.4) is 0 Å². The van der Waals surface area contributed by atoms with Gasteiger partial charge in [-0.1, -0.05) is 39.5 Å².